The largest absolute Gasteiger partial charge is 0.308 e. The van der Waals surface area contributed by atoms with Gasteiger partial charge in [0.15, 0.2) is 0 Å². The molecule has 3 rings (SSSR count). The molecule has 2 aromatic rings. The van der Waals surface area contributed by atoms with Crippen molar-refractivity contribution in [2.75, 3.05) is 26.7 Å². The zero-order chi connectivity index (χ0) is 12.5. The predicted molar refractivity (Wildman–Crippen MR) is 75.0 cm³/mol. The van der Waals surface area contributed by atoms with Crippen LogP contribution in [0.1, 0.15) is 11.6 Å². The van der Waals surface area contributed by atoms with Gasteiger partial charge in [-0.05, 0) is 36.9 Å². The molecule has 0 radical (unpaired) electrons. The van der Waals surface area contributed by atoms with E-state index in [0.717, 1.165) is 35.6 Å². The molecule has 2 heterocycles. The van der Waals surface area contributed by atoms with Gasteiger partial charge in [0.1, 0.15) is 0 Å². The van der Waals surface area contributed by atoms with E-state index in [0.29, 0.717) is 6.04 Å². The first-order chi connectivity index (χ1) is 8.74. The number of fused-ring (bicyclic) bond motifs is 1. The molecule has 4 heteroatoms. The van der Waals surface area contributed by atoms with Crippen molar-refractivity contribution in [3.63, 3.8) is 0 Å². The SMILES string of the molecule is CN1CCNC(c2ccnc3ccc(Cl)cc23)C1. The first kappa shape index (κ1) is 11.9. The Morgan fingerprint density at radius 2 is 2.28 bits per heavy atom. The van der Waals surface area contributed by atoms with Gasteiger partial charge in [0.25, 0.3) is 0 Å². The molecule has 1 aliphatic heterocycles. The van der Waals surface area contributed by atoms with Gasteiger partial charge in [-0.3, -0.25) is 4.98 Å². The van der Waals surface area contributed by atoms with Crippen molar-refractivity contribution in [1.29, 1.82) is 0 Å². The summed E-state index contributed by atoms with van der Waals surface area (Å²) in [5.74, 6) is 0. The van der Waals surface area contributed by atoms with Gasteiger partial charge in [0.05, 0.1) is 5.52 Å². The summed E-state index contributed by atoms with van der Waals surface area (Å²) in [7, 11) is 2.16. The Bertz CT molecular complexity index is 570. The number of benzene rings is 1. The average molecular weight is 262 g/mol. The van der Waals surface area contributed by atoms with Crippen LogP contribution in [0.4, 0.5) is 0 Å². The maximum Gasteiger partial charge on any atom is 0.0706 e. The second-order valence-electron chi connectivity index (χ2n) is 4.83. The predicted octanol–water partition coefficient (Wildman–Crippen LogP) is 2.46. The molecule has 1 aromatic heterocycles. The van der Waals surface area contributed by atoms with E-state index < -0.39 is 0 Å². The standard InChI is InChI=1S/C14H16ClN3/c1-18-7-6-17-14(9-18)11-4-5-16-13-3-2-10(15)8-12(11)13/h2-5,8,14,17H,6-7,9H2,1H3. The number of likely N-dealkylation sites (N-methyl/N-ethyl adjacent to an activating group) is 1. The lowest BCUT2D eigenvalue weighted by Gasteiger charge is -2.31. The average Bonchev–Trinajstić information content (AvgIpc) is 2.38. The third kappa shape index (κ3) is 2.21. The van der Waals surface area contributed by atoms with Crippen LogP contribution in [-0.4, -0.2) is 36.6 Å². The van der Waals surface area contributed by atoms with Crippen molar-refractivity contribution in [1.82, 2.24) is 15.2 Å². The van der Waals surface area contributed by atoms with Crippen LogP contribution in [-0.2, 0) is 0 Å². The Labute approximate surface area is 112 Å². The number of pyridine rings is 1. The molecule has 3 nitrogen and oxygen atoms in total. The Morgan fingerprint density at radius 3 is 3.11 bits per heavy atom. The fourth-order valence-corrected chi connectivity index (χ4v) is 2.72. The minimum Gasteiger partial charge on any atom is -0.308 e. The first-order valence-electron chi connectivity index (χ1n) is 6.20. The van der Waals surface area contributed by atoms with E-state index in [2.05, 4.69) is 28.3 Å². The molecular weight excluding hydrogens is 246 g/mol. The van der Waals surface area contributed by atoms with Gasteiger partial charge in [-0.25, -0.2) is 0 Å². The molecule has 1 N–H and O–H groups in total. The third-order valence-electron chi connectivity index (χ3n) is 3.49. The first-order valence-corrected chi connectivity index (χ1v) is 6.58. The Hall–Kier alpha value is -1.16. The summed E-state index contributed by atoms with van der Waals surface area (Å²) in [5.41, 5.74) is 2.29. The zero-order valence-corrected chi connectivity index (χ0v) is 11.1. The van der Waals surface area contributed by atoms with Crippen LogP contribution in [0.25, 0.3) is 10.9 Å². The number of halogens is 1. The lowest BCUT2D eigenvalue weighted by atomic mass is 10.0. The molecule has 18 heavy (non-hydrogen) atoms. The summed E-state index contributed by atoms with van der Waals surface area (Å²) in [6, 6.07) is 8.33. The van der Waals surface area contributed by atoms with E-state index in [-0.39, 0.29) is 0 Å². The molecule has 0 saturated carbocycles. The molecule has 0 amide bonds. The van der Waals surface area contributed by atoms with Crippen LogP contribution in [0, 0.1) is 0 Å². The number of nitrogens with zero attached hydrogens (tertiary/aromatic N) is 2. The summed E-state index contributed by atoms with van der Waals surface area (Å²) in [6.07, 6.45) is 1.88. The Morgan fingerprint density at radius 1 is 1.39 bits per heavy atom. The van der Waals surface area contributed by atoms with Gasteiger partial charge < -0.3 is 10.2 Å². The fraction of sp³-hybridized carbons (Fsp3) is 0.357. The number of hydrogen-bond donors (Lipinski definition) is 1. The maximum atomic E-state index is 6.10. The number of rotatable bonds is 1. The summed E-state index contributed by atoms with van der Waals surface area (Å²) in [6.45, 7) is 3.14. The minimum absolute atomic E-state index is 0.354. The smallest absolute Gasteiger partial charge is 0.0706 e. The van der Waals surface area contributed by atoms with Crippen LogP contribution in [0.15, 0.2) is 30.5 Å². The van der Waals surface area contributed by atoms with Crippen molar-refractivity contribution in [2.45, 2.75) is 6.04 Å². The molecular formula is C14H16ClN3. The Kier molecular flexibility index (Phi) is 3.20. The van der Waals surface area contributed by atoms with Gasteiger partial charge in [-0.1, -0.05) is 11.6 Å². The lowest BCUT2D eigenvalue weighted by molar-refractivity contribution is 0.241. The zero-order valence-electron chi connectivity index (χ0n) is 10.4. The molecule has 94 valence electrons. The van der Waals surface area contributed by atoms with Crippen LogP contribution in [0.3, 0.4) is 0 Å². The van der Waals surface area contributed by atoms with Crippen molar-refractivity contribution >= 4 is 22.5 Å². The van der Waals surface area contributed by atoms with E-state index in [1.807, 2.05) is 24.4 Å². The highest BCUT2D eigenvalue weighted by molar-refractivity contribution is 6.31. The number of aromatic nitrogens is 1. The minimum atomic E-state index is 0.354. The van der Waals surface area contributed by atoms with Crippen LogP contribution in [0.2, 0.25) is 5.02 Å². The molecule has 1 saturated heterocycles. The molecule has 1 atom stereocenters. The van der Waals surface area contributed by atoms with Gasteiger partial charge in [-0.15, -0.1) is 0 Å². The molecule has 0 aliphatic carbocycles. The number of piperazine rings is 1. The van der Waals surface area contributed by atoms with Crippen molar-refractivity contribution in [3.05, 3.63) is 41.0 Å². The normalized spacial score (nSPS) is 21.3. The lowest BCUT2D eigenvalue weighted by Crippen LogP contribution is -2.43. The van der Waals surface area contributed by atoms with Crippen LogP contribution < -0.4 is 5.32 Å². The van der Waals surface area contributed by atoms with Crippen LogP contribution >= 0.6 is 11.6 Å². The molecule has 1 aromatic carbocycles. The highest BCUT2D eigenvalue weighted by atomic mass is 35.5. The molecule has 1 unspecified atom stereocenters. The van der Waals surface area contributed by atoms with E-state index in [4.69, 9.17) is 11.6 Å². The topological polar surface area (TPSA) is 28.2 Å². The van der Waals surface area contributed by atoms with Gasteiger partial charge in [-0.2, -0.15) is 0 Å². The molecule has 1 fully saturated rings. The third-order valence-corrected chi connectivity index (χ3v) is 3.73. The van der Waals surface area contributed by atoms with Gasteiger partial charge in [0.2, 0.25) is 0 Å². The monoisotopic (exact) mass is 261 g/mol. The van der Waals surface area contributed by atoms with Crippen molar-refractivity contribution in [2.24, 2.45) is 0 Å². The molecule has 0 spiro atoms. The molecule has 1 aliphatic rings. The Balaban J connectivity index is 2.07. The van der Waals surface area contributed by atoms with Gasteiger partial charge >= 0.3 is 0 Å². The summed E-state index contributed by atoms with van der Waals surface area (Å²) >= 11 is 6.10. The highest BCUT2D eigenvalue weighted by Crippen LogP contribution is 2.26. The second kappa shape index (κ2) is 4.84. The van der Waals surface area contributed by atoms with Gasteiger partial charge in [0, 0.05) is 42.3 Å². The quantitative estimate of drug-likeness (QED) is 0.855. The fourth-order valence-electron chi connectivity index (χ4n) is 2.55. The number of hydrogen-bond acceptors (Lipinski definition) is 3. The highest BCUT2D eigenvalue weighted by Gasteiger charge is 2.20. The summed E-state index contributed by atoms with van der Waals surface area (Å²) in [5, 5.41) is 5.48. The van der Waals surface area contributed by atoms with Crippen molar-refractivity contribution < 1.29 is 0 Å². The summed E-state index contributed by atoms with van der Waals surface area (Å²) < 4.78 is 0. The van der Waals surface area contributed by atoms with E-state index in [1.165, 1.54) is 5.56 Å². The second-order valence-corrected chi connectivity index (χ2v) is 5.27. The number of nitrogens with one attached hydrogen (secondary N) is 1. The maximum absolute atomic E-state index is 6.10. The summed E-state index contributed by atoms with van der Waals surface area (Å²) in [4.78, 5) is 6.74. The van der Waals surface area contributed by atoms with Crippen LogP contribution in [0.5, 0.6) is 0 Å². The van der Waals surface area contributed by atoms with E-state index in [1.54, 1.807) is 0 Å². The van der Waals surface area contributed by atoms with Crippen molar-refractivity contribution in [3.8, 4) is 0 Å². The van der Waals surface area contributed by atoms with E-state index >= 15 is 0 Å². The molecule has 0 bridgehead atoms. The van der Waals surface area contributed by atoms with E-state index in [9.17, 15) is 0 Å².